The van der Waals surface area contributed by atoms with E-state index in [-0.39, 0.29) is 11.9 Å². The minimum atomic E-state index is 0.110. The predicted molar refractivity (Wildman–Crippen MR) is 100 cm³/mol. The smallest absolute Gasteiger partial charge is 0.220 e. The maximum Gasteiger partial charge on any atom is 0.220 e. The molecule has 3 heterocycles. The Bertz CT molecular complexity index is 922. The molecule has 0 saturated carbocycles. The number of amides is 1. The SMILES string of the molecule is CC[C@@H](Nc1ncnc2sc3c(c12)CN(C(C)=O)C3)c1ccccc1. The zero-order chi connectivity index (χ0) is 17.4. The molecule has 128 valence electrons. The second kappa shape index (κ2) is 6.44. The summed E-state index contributed by atoms with van der Waals surface area (Å²) in [5.41, 5.74) is 2.44. The number of carbonyl (C=O) groups is 1. The predicted octanol–water partition coefficient (Wildman–Crippen LogP) is 4.12. The van der Waals surface area contributed by atoms with Crippen LogP contribution in [0.3, 0.4) is 0 Å². The molecule has 1 aliphatic rings. The van der Waals surface area contributed by atoms with Gasteiger partial charge in [0.2, 0.25) is 5.91 Å². The molecule has 2 aromatic heterocycles. The zero-order valence-corrected chi connectivity index (χ0v) is 15.1. The van der Waals surface area contributed by atoms with E-state index in [0.717, 1.165) is 22.5 Å². The van der Waals surface area contributed by atoms with Gasteiger partial charge in [-0.1, -0.05) is 37.3 Å². The monoisotopic (exact) mass is 352 g/mol. The molecule has 3 aromatic rings. The van der Waals surface area contributed by atoms with Gasteiger partial charge in [-0.25, -0.2) is 9.97 Å². The summed E-state index contributed by atoms with van der Waals surface area (Å²) in [5, 5.41) is 4.67. The second-order valence-corrected chi connectivity index (χ2v) is 7.38. The third-order valence-electron chi connectivity index (χ3n) is 4.72. The van der Waals surface area contributed by atoms with E-state index in [1.54, 1.807) is 24.6 Å². The van der Waals surface area contributed by atoms with Crippen molar-refractivity contribution in [3.05, 3.63) is 52.7 Å². The van der Waals surface area contributed by atoms with Gasteiger partial charge in [0.25, 0.3) is 0 Å². The Kier molecular flexibility index (Phi) is 4.13. The Balaban J connectivity index is 1.72. The first kappa shape index (κ1) is 16.0. The van der Waals surface area contributed by atoms with Crippen molar-refractivity contribution >= 4 is 33.3 Å². The highest BCUT2D eigenvalue weighted by Crippen LogP contribution is 2.40. The van der Waals surface area contributed by atoms with Gasteiger partial charge in [0.1, 0.15) is 17.0 Å². The molecule has 1 aromatic carbocycles. The number of carbonyl (C=O) groups excluding carboxylic acids is 1. The maximum absolute atomic E-state index is 11.7. The molecule has 0 spiro atoms. The van der Waals surface area contributed by atoms with Crippen LogP contribution < -0.4 is 5.32 Å². The quantitative estimate of drug-likeness (QED) is 0.767. The molecular formula is C19H20N4OS. The van der Waals surface area contributed by atoms with E-state index in [0.29, 0.717) is 13.1 Å². The highest BCUT2D eigenvalue weighted by molar-refractivity contribution is 7.19. The normalized spacial score (nSPS) is 14.6. The molecule has 0 fully saturated rings. The molecule has 4 rings (SSSR count). The molecule has 0 unspecified atom stereocenters. The van der Waals surface area contributed by atoms with Gasteiger partial charge in [-0.15, -0.1) is 11.3 Å². The number of hydrogen-bond donors (Lipinski definition) is 1. The molecule has 5 nitrogen and oxygen atoms in total. The van der Waals surface area contributed by atoms with Crippen molar-refractivity contribution < 1.29 is 4.79 Å². The number of nitrogens with zero attached hydrogens (tertiary/aromatic N) is 3. The summed E-state index contributed by atoms with van der Waals surface area (Å²) in [7, 11) is 0. The van der Waals surface area contributed by atoms with Crippen LogP contribution in [0, 0.1) is 0 Å². The fourth-order valence-corrected chi connectivity index (χ4v) is 4.52. The second-order valence-electron chi connectivity index (χ2n) is 6.30. The van der Waals surface area contributed by atoms with Gasteiger partial charge in [0.05, 0.1) is 18.0 Å². The van der Waals surface area contributed by atoms with Gasteiger partial charge in [0, 0.05) is 23.9 Å². The fraction of sp³-hybridized carbons (Fsp3) is 0.316. The first-order valence-corrected chi connectivity index (χ1v) is 9.31. The molecule has 0 bridgehead atoms. The van der Waals surface area contributed by atoms with Crippen LogP contribution in [0.5, 0.6) is 0 Å². The molecule has 25 heavy (non-hydrogen) atoms. The van der Waals surface area contributed by atoms with Gasteiger partial charge >= 0.3 is 0 Å². The van der Waals surface area contributed by atoms with Crippen LogP contribution in [-0.2, 0) is 17.9 Å². The van der Waals surface area contributed by atoms with Crippen molar-refractivity contribution in [3.63, 3.8) is 0 Å². The Morgan fingerprint density at radius 3 is 2.80 bits per heavy atom. The van der Waals surface area contributed by atoms with Gasteiger partial charge in [-0.2, -0.15) is 0 Å². The topological polar surface area (TPSA) is 58.1 Å². The Morgan fingerprint density at radius 1 is 1.28 bits per heavy atom. The van der Waals surface area contributed by atoms with Crippen LogP contribution in [0.2, 0.25) is 0 Å². The highest BCUT2D eigenvalue weighted by Gasteiger charge is 2.28. The summed E-state index contributed by atoms with van der Waals surface area (Å²) in [6, 6.07) is 10.6. The van der Waals surface area contributed by atoms with Crippen LogP contribution in [-0.4, -0.2) is 20.8 Å². The van der Waals surface area contributed by atoms with E-state index in [1.807, 2.05) is 11.0 Å². The molecule has 0 saturated heterocycles. The van der Waals surface area contributed by atoms with Gasteiger partial charge in [0.15, 0.2) is 0 Å². The average molecular weight is 352 g/mol. The summed E-state index contributed by atoms with van der Waals surface area (Å²) in [4.78, 5) is 24.8. The lowest BCUT2D eigenvalue weighted by atomic mass is 10.0. The summed E-state index contributed by atoms with van der Waals surface area (Å²) in [6.07, 6.45) is 2.58. The molecule has 0 aliphatic carbocycles. The maximum atomic E-state index is 11.7. The Morgan fingerprint density at radius 2 is 2.08 bits per heavy atom. The summed E-state index contributed by atoms with van der Waals surface area (Å²) < 4.78 is 0. The minimum Gasteiger partial charge on any atom is -0.363 e. The number of fused-ring (bicyclic) bond motifs is 3. The van der Waals surface area contributed by atoms with Crippen LogP contribution in [0.4, 0.5) is 5.82 Å². The molecule has 6 heteroatoms. The Labute approximate surface area is 150 Å². The largest absolute Gasteiger partial charge is 0.363 e. The van der Waals surface area contributed by atoms with E-state index < -0.39 is 0 Å². The average Bonchev–Trinajstić information content (AvgIpc) is 3.18. The Hall–Kier alpha value is -2.47. The van der Waals surface area contributed by atoms with Crippen molar-refractivity contribution in [1.82, 2.24) is 14.9 Å². The van der Waals surface area contributed by atoms with Crippen molar-refractivity contribution in [2.75, 3.05) is 5.32 Å². The number of aromatic nitrogens is 2. The van der Waals surface area contributed by atoms with Crippen LogP contribution in [0.25, 0.3) is 10.2 Å². The van der Waals surface area contributed by atoms with E-state index in [9.17, 15) is 4.79 Å². The van der Waals surface area contributed by atoms with Crippen molar-refractivity contribution in [2.45, 2.75) is 39.4 Å². The lowest BCUT2D eigenvalue weighted by Gasteiger charge is -2.19. The summed E-state index contributed by atoms with van der Waals surface area (Å²) in [5.74, 6) is 0.974. The van der Waals surface area contributed by atoms with Gasteiger partial charge in [-0.3, -0.25) is 4.79 Å². The lowest BCUT2D eigenvalue weighted by Crippen LogP contribution is -2.22. The third-order valence-corrected chi connectivity index (χ3v) is 5.85. The number of hydrogen-bond acceptors (Lipinski definition) is 5. The molecule has 1 N–H and O–H groups in total. The number of benzene rings is 1. The van der Waals surface area contributed by atoms with Gasteiger partial charge in [-0.05, 0) is 12.0 Å². The highest BCUT2D eigenvalue weighted by atomic mass is 32.1. The van der Waals surface area contributed by atoms with Gasteiger partial charge < -0.3 is 10.2 Å². The number of thiophene rings is 1. The van der Waals surface area contributed by atoms with Crippen LogP contribution >= 0.6 is 11.3 Å². The molecule has 1 amide bonds. The van der Waals surface area contributed by atoms with Crippen LogP contribution in [0.1, 0.15) is 42.3 Å². The fourth-order valence-electron chi connectivity index (χ4n) is 3.36. The molecule has 0 radical (unpaired) electrons. The zero-order valence-electron chi connectivity index (χ0n) is 14.3. The van der Waals surface area contributed by atoms with E-state index in [2.05, 4.69) is 46.5 Å². The van der Waals surface area contributed by atoms with Crippen molar-refractivity contribution in [1.29, 1.82) is 0 Å². The third kappa shape index (κ3) is 2.87. The lowest BCUT2D eigenvalue weighted by molar-refractivity contribution is -0.129. The van der Waals surface area contributed by atoms with Crippen LogP contribution in [0.15, 0.2) is 36.7 Å². The molecule has 1 aliphatic heterocycles. The minimum absolute atomic E-state index is 0.110. The number of nitrogens with one attached hydrogen (secondary N) is 1. The first-order chi connectivity index (χ1) is 12.2. The van der Waals surface area contributed by atoms with Crippen molar-refractivity contribution in [3.8, 4) is 0 Å². The molecular weight excluding hydrogens is 332 g/mol. The van der Waals surface area contributed by atoms with Crippen molar-refractivity contribution in [2.24, 2.45) is 0 Å². The number of rotatable bonds is 4. The first-order valence-electron chi connectivity index (χ1n) is 8.49. The summed E-state index contributed by atoms with van der Waals surface area (Å²) >= 11 is 1.67. The summed E-state index contributed by atoms with van der Waals surface area (Å²) in [6.45, 7) is 5.12. The van der Waals surface area contributed by atoms with E-state index in [1.165, 1.54) is 16.0 Å². The van der Waals surface area contributed by atoms with E-state index in [4.69, 9.17) is 0 Å². The van der Waals surface area contributed by atoms with E-state index >= 15 is 0 Å². The standard InChI is InChI=1S/C19H20N4OS/c1-3-15(13-7-5-4-6-8-13)22-18-17-14-9-23(12(2)24)10-16(14)25-19(17)21-11-20-18/h4-8,11,15H,3,9-10H2,1-2H3,(H,20,21,22)/t15-/m1/s1. The number of anilines is 1. The molecule has 1 atom stereocenters.